The Bertz CT molecular complexity index is 317. The van der Waals surface area contributed by atoms with E-state index in [1.54, 1.807) is 0 Å². The maximum absolute atomic E-state index is 4.19. The number of hydrogen-bond donors (Lipinski definition) is 0. The summed E-state index contributed by atoms with van der Waals surface area (Å²) in [6.45, 7) is 8.68. The first-order valence-corrected chi connectivity index (χ1v) is 6.75. The first-order chi connectivity index (χ1) is 8.25. The predicted molar refractivity (Wildman–Crippen MR) is 79.8 cm³/mol. The number of rotatable bonds is 1. The molecule has 0 radical (unpaired) electrons. The molecule has 2 rings (SSSR count). The van der Waals surface area contributed by atoms with Crippen LogP contribution in [0.25, 0.3) is 0 Å². The lowest BCUT2D eigenvalue weighted by molar-refractivity contribution is 0.504. The van der Waals surface area contributed by atoms with E-state index in [1.807, 2.05) is 18.4 Å². The quantitative estimate of drug-likeness (QED) is 0.597. The summed E-state index contributed by atoms with van der Waals surface area (Å²) in [5.74, 6) is 0. The van der Waals surface area contributed by atoms with Crippen LogP contribution in [0.5, 0.6) is 0 Å². The molecule has 0 bridgehead atoms. The van der Waals surface area contributed by atoms with Crippen LogP contribution >= 0.6 is 0 Å². The molecular weight excluding hydrogens is 206 g/mol. The molecule has 0 aromatic carbocycles. The van der Waals surface area contributed by atoms with E-state index in [2.05, 4.69) is 25.4 Å². The van der Waals surface area contributed by atoms with Crippen LogP contribution in [-0.4, -0.2) is 12.8 Å². The van der Waals surface area contributed by atoms with Gasteiger partial charge >= 0.3 is 0 Å². The van der Waals surface area contributed by atoms with Gasteiger partial charge in [0.2, 0.25) is 0 Å². The minimum Gasteiger partial charge on any atom is -0.288 e. The largest absolute Gasteiger partial charge is 0.288 e. The number of hydrogen-bond acceptors (Lipinski definition) is 1. The van der Waals surface area contributed by atoms with Gasteiger partial charge in [0, 0.05) is 7.64 Å². The summed E-state index contributed by atoms with van der Waals surface area (Å²) in [6, 6.07) is 0. The molecule has 1 nitrogen and oxygen atoms in total. The normalized spacial score (nSPS) is 21.1. The van der Waals surface area contributed by atoms with E-state index in [1.165, 1.54) is 55.2 Å². The van der Waals surface area contributed by atoms with Crippen LogP contribution < -0.4 is 0 Å². The Morgan fingerprint density at radius 1 is 1.18 bits per heavy atom. The zero-order chi connectivity index (χ0) is 12.5. The Kier molecular flexibility index (Phi) is 6.61. The van der Waals surface area contributed by atoms with Gasteiger partial charge in [0.15, 0.2) is 0 Å². The van der Waals surface area contributed by atoms with Crippen molar-refractivity contribution in [3.63, 3.8) is 0 Å². The number of aliphatic imine (C=N–C) groups is 1. The molecule has 0 atom stereocenters. The van der Waals surface area contributed by atoms with Crippen LogP contribution in [0, 0.1) is 0 Å². The highest BCUT2D eigenvalue weighted by Gasteiger charge is 2.08. The van der Waals surface area contributed by atoms with Crippen molar-refractivity contribution in [1.82, 2.24) is 0 Å². The molecule has 0 amide bonds. The van der Waals surface area contributed by atoms with Crippen molar-refractivity contribution in [3.8, 4) is 0 Å². The van der Waals surface area contributed by atoms with E-state index in [0.29, 0.717) is 0 Å². The lowest BCUT2D eigenvalue weighted by atomic mass is 10.0. The lowest BCUT2D eigenvalue weighted by Gasteiger charge is -2.05. The van der Waals surface area contributed by atoms with E-state index < -0.39 is 0 Å². The SMILES string of the molecule is C1CCCCC1.C=C/C=C1/CN=CC1=C(C)C.[HH]. The number of nitrogens with zero attached hydrogens (tertiary/aromatic N) is 1. The van der Waals surface area contributed by atoms with Crippen molar-refractivity contribution < 1.29 is 1.43 Å². The minimum atomic E-state index is 0. The molecule has 0 aromatic rings. The highest BCUT2D eigenvalue weighted by Crippen LogP contribution is 2.18. The smallest absolute Gasteiger partial charge is 0.0646 e. The van der Waals surface area contributed by atoms with Gasteiger partial charge in [-0.15, -0.1) is 0 Å². The molecule has 96 valence electrons. The van der Waals surface area contributed by atoms with Crippen molar-refractivity contribution in [2.45, 2.75) is 52.4 Å². The molecule has 17 heavy (non-hydrogen) atoms. The highest BCUT2D eigenvalue weighted by atomic mass is 14.7. The van der Waals surface area contributed by atoms with E-state index in [0.717, 1.165) is 6.54 Å². The van der Waals surface area contributed by atoms with E-state index in [-0.39, 0.29) is 1.43 Å². The van der Waals surface area contributed by atoms with Gasteiger partial charge in [-0.05, 0) is 25.0 Å². The molecule has 2 aliphatic rings. The molecule has 1 fully saturated rings. The predicted octanol–water partition coefficient (Wildman–Crippen LogP) is 5.11. The minimum absolute atomic E-state index is 0. The molecule has 1 aliphatic heterocycles. The second kappa shape index (κ2) is 8.05. The van der Waals surface area contributed by atoms with Crippen molar-refractivity contribution in [1.29, 1.82) is 0 Å². The van der Waals surface area contributed by atoms with Gasteiger partial charge in [-0.3, -0.25) is 4.99 Å². The Balaban J connectivity index is 0.000000352. The molecule has 1 heteroatoms. The Labute approximate surface area is 108 Å². The first kappa shape index (κ1) is 14.0. The lowest BCUT2D eigenvalue weighted by Crippen LogP contribution is -1.88. The van der Waals surface area contributed by atoms with Crippen molar-refractivity contribution in [2.75, 3.05) is 6.54 Å². The molecule has 1 heterocycles. The van der Waals surface area contributed by atoms with Gasteiger partial charge in [-0.2, -0.15) is 0 Å². The van der Waals surface area contributed by atoms with Gasteiger partial charge in [0.25, 0.3) is 0 Å². The van der Waals surface area contributed by atoms with Crippen molar-refractivity contribution in [2.24, 2.45) is 4.99 Å². The van der Waals surface area contributed by atoms with Crippen LogP contribution in [0.3, 0.4) is 0 Å². The van der Waals surface area contributed by atoms with Crippen LogP contribution in [-0.2, 0) is 0 Å². The van der Waals surface area contributed by atoms with Crippen LogP contribution in [0.15, 0.2) is 40.4 Å². The van der Waals surface area contributed by atoms with Gasteiger partial charge in [-0.25, -0.2) is 0 Å². The van der Waals surface area contributed by atoms with E-state index in [4.69, 9.17) is 0 Å². The first-order valence-electron chi connectivity index (χ1n) is 6.75. The molecular formula is C16H27N. The van der Waals surface area contributed by atoms with Crippen LogP contribution in [0.2, 0.25) is 0 Å². The molecule has 0 N–H and O–H groups in total. The van der Waals surface area contributed by atoms with E-state index in [9.17, 15) is 0 Å². The Morgan fingerprint density at radius 3 is 2.12 bits per heavy atom. The fourth-order valence-corrected chi connectivity index (χ4v) is 2.20. The molecule has 1 aliphatic carbocycles. The topological polar surface area (TPSA) is 12.4 Å². The third-order valence-corrected chi connectivity index (χ3v) is 3.19. The second-order valence-electron chi connectivity index (χ2n) is 4.93. The fraction of sp³-hybridized carbons (Fsp3) is 0.562. The summed E-state index contributed by atoms with van der Waals surface area (Å²) >= 11 is 0. The Morgan fingerprint density at radius 2 is 1.71 bits per heavy atom. The number of allylic oxidation sites excluding steroid dienone is 3. The summed E-state index contributed by atoms with van der Waals surface area (Å²) in [4.78, 5) is 4.19. The average Bonchev–Trinajstić information content (AvgIpc) is 2.81. The summed E-state index contributed by atoms with van der Waals surface area (Å²) in [5.41, 5.74) is 3.87. The van der Waals surface area contributed by atoms with Gasteiger partial charge in [-0.1, -0.05) is 62.8 Å². The third kappa shape index (κ3) is 5.16. The van der Waals surface area contributed by atoms with E-state index >= 15 is 0 Å². The van der Waals surface area contributed by atoms with Crippen LogP contribution in [0.4, 0.5) is 0 Å². The monoisotopic (exact) mass is 233 g/mol. The van der Waals surface area contributed by atoms with Gasteiger partial charge in [0.1, 0.15) is 0 Å². The van der Waals surface area contributed by atoms with Crippen molar-refractivity contribution in [3.05, 3.63) is 35.5 Å². The zero-order valence-electron chi connectivity index (χ0n) is 11.3. The molecule has 0 unspecified atom stereocenters. The molecule has 0 saturated heterocycles. The second-order valence-corrected chi connectivity index (χ2v) is 4.93. The highest BCUT2D eigenvalue weighted by molar-refractivity contribution is 5.89. The molecule has 1 saturated carbocycles. The zero-order valence-corrected chi connectivity index (χ0v) is 11.3. The fourth-order valence-electron chi connectivity index (χ4n) is 2.20. The summed E-state index contributed by atoms with van der Waals surface area (Å²) < 4.78 is 0. The maximum Gasteiger partial charge on any atom is 0.0646 e. The van der Waals surface area contributed by atoms with Gasteiger partial charge in [0.05, 0.1) is 6.54 Å². The standard InChI is InChI=1S/C10H13N.C6H12.H2/c1-4-5-9-6-11-7-10(9)8(2)3;1-2-4-6-5-3-1;/h4-5,7H,1,6H2,2-3H3;1-6H2;1H/b9-5-;;. The summed E-state index contributed by atoms with van der Waals surface area (Å²) in [5, 5.41) is 0. The van der Waals surface area contributed by atoms with Gasteiger partial charge < -0.3 is 0 Å². The summed E-state index contributed by atoms with van der Waals surface area (Å²) in [7, 11) is 0. The summed E-state index contributed by atoms with van der Waals surface area (Å²) in [6.07, 6.45) is 14.8. The third-order valence-electron chi connectivity index (χ3n) is 3.19. The Hall–Kier alpha value is -1.11. The average molecular weight is 233 g/mol. The molecule has 0 spiro atoms. The molecule has 0 aromatic heterocycles. The maximum atomic E-state index is 4.19. The van der Waals surface area contributed by atoms with Crippen LogP contribution in [0.1, 0.15) is 53.8 Å². The van der Waals surface area contributed by atoms with Crippen molar-refractivity contribution >= 4 is 6.21 Å².